The number of aromatic nitrogens is 2. The summed E-state index contributed by atoms with van der Waals surface area (Å²) in [5.41, 5.74) is 0.913. The monoisotopic (exact) mass is 592 g/mol. The van der Waals surface area contributed by atoms with E-state index >= 15 is 0 Å². The summed E-state index contributed by atoms with van der Waals surface area (Å²) < 4.78 is 56.2. The first-order valence-corrected chi connectivity index (χ1v) is 13.1. The van der Waals surface area contributed by atoms with E-state index in [-0.39, 0.29) is 47.1 Å². The number of carbonyl (C=O) groups excluding carboxylic acids is 2. The summed E-state index contributed by atoms with van der Waals surface area (Å²) in [6.07, 6.45) is -5.30. The minimum atomic E-state index is -4.76. The maximum Gasteiger partial charge on any atom is 0.452 e. The van der Waals surface area contributed by atoms with Gasteiger partial charge in [-0.05, 0) is 29.5 Å². The molecule has 0 atom stereocenters. The van der Waals surface area contributed by atoms with E-state index < -0.39 is 35.6 Å². The van der Waals surface area contributed by atoms with Crippen molar-refractivity contribution < 1.29 is 51.8 Å². The molecule has 0 amide bonds. The molecule has 226 valence electrons. The van der Waals surface area contributed by atoms with Crippen molar-refractivity contribution in [3.63, 3.8) is 0 Å². The number of carbonyl (C=O) groups is 2. The molecule has 2 aromatic heterocycles. The second-order valence-corrected chi connectivity index (χ2v) is 11.5. The highest BCUT2D eigenvalue weighted by molar-refractivity contribution is 5.80. The van der Waals surface area contributed by atoms with Crippen molar-refractivity contribution in [2.24, 2.45) is 10.8 Å². The quantitative estimate of drug-likeness (QED) is 0.234. The van der Waals surface area contributed by atoms with Gasteiger partial charge in [0, 0.05) is 47.6 Å². The van der Waals surface area contributed by atoms with Crippen molar-refractivity contribution in [3.8, 4) is 28.8 Å². The summed E-state index contributed by atoms with van der Waals surface area (Å²) in [7, 11) is 0. The number of nitrogens with zero attached hydrogens (tertiary/aromatic N) is 2. The lowest BCUT2D eigenvalue weighted by molar-refractivity contribution is -0.155. The molecule has 13 heteroatoms. The summed E-state index contributed by atoms with van der Waals surface area (Å²) in [5, 5.41) is 22.7. The van der Waals surface area contributed by atoms with Gasteiger partial charge in [-0.25, -0.2) is 4.79 Å². The third kappa shape index (κ3) is 6.55. The van der Waals surface area contributed by atoms with Crippen LogP contribution in [0.3, 0.4) is 0 Å². The van der Waals surface area contributed by atoms with Gasteiger partial charge in [0.1, 0.15) is 17.2 Å². The summed E-state index contributed by atoms with van der Waals surface area (Å²) in [6, 6.07) is 7.59. The Kier molecular flexibility index (Phi) is 8.07. The predicted octanol–water partition coefficient (Wildman–Crippen LogP) is 6.12. The van der Waals surface area contributed by atoms with Crippen molar-refractivity contribution in [2.75, 3.05) is 6.61 Å². The molecule has 1 aromatic carbocycles. The van der Waals surface area contributed by atoms with Crippen LogP contribution in [0.1, 0.15) is 65.2 Å². The number of rotatable bonds is 8. The van der Waals surface area contributed by atoms with E-state index in [1.54, 1.807) is 6.07 Å². The highest BCUT2D eigenvalue weighted by Crippen LogP contribution is 2.50. The molecular weight excluding hydrogens is 561 g/mol. The average Bonchev–Trinajstić information content (AvgIpc) is 3.57. The minimum Gasteiger partial charge on any atom is -0.492 e. The molecule has 0 fully saturated rings. The van der Waals surface area contributed by atoms with Gasteiger partial charge in [-0.2, -0.15) is 13.2 Å². The largest absolute Gasteiger partial charge is 0.492 e. The smallest absolute Gasteiger partial charge is 0.452 e. The second kappa shape index (κ2) is 11.1. The lowest BCUT2D eigenvalue weighted by Crippen LogP contribution is -2.24. The van der Waals surface area contributed by atoms with E-state index in [9.17, 15) is 33.0 Å². The van der Waals surface area contributed by atoms with E-state index in [2.05, 4.69) is 9.68 Å². The summed E-state index contributed by atoms with van der Waals surface area (Å²) in [6.45, 7) is 10.7. The van der Waals surface area contributed by atoms with Crippen molar-refractivity contribution in [1.29, 1.82) is 0 Å². The number of aromatic hydroxyl groups is 2. The van der Waals surface area contributed by atoms with E-state index in [0.29, 0.717) is 28.7 Å². The van der Waals surface area contributed by atoms with E-state index in [0.717, 1.165) is 17.7 Å². The van der Waals surface area contributed by atoms with Gasteiger partial charge >= 0.3 is 18.1 Å². The predicted molar refractivity (Wildman–Crippen MR) is 142 cm³/mol. The van der Waals surface area contributed by atoms with Crippen LogP contribution in [0.25, 0.3) is 17.0 Å². The van der Waals surface area contributed by atoms with Crippen LogP contribution in [0, 0.1) is 10.8 Å². The lowest BCUT2D eigenvalue weighted by Gasteiger charge is -2.30. The Morgan fingerprint density at radius 3 is 2.26 bits per heavy atom. The molecule has 42 heavy (non-hydrogen) atoms. The molecular formula is C29H31F3N2O8. The van der Waals surface area contributed by atoms with Gasteiger partial charge in [0.15, 0.2) is 0 Å². The number of hydrogen-bond donors (Lipinski definition) is 2. The molecule has 0 saturated carbocycles. The molecule has 3 heterocycles. The normalized spacial score (nSPS) is 15.0. The average molecular weight is 593 g/mol. The van der Waals surface area contributed by atoms with Crippen LogP contribution in [-0.4, -0.2) is 38.6 Å². The third-order valence-electron chi connectivity index (χ3n) is 6.52. The Labute approximate surface area is 239 Å². The van der Waals surface area contributed by atoms with Crippen molar-refractivity contribution in [3.05, 3.63) is 53.3 Å². The zero-order valence-corrected chi connectivity index (χ0v) is 23.7. The number of halogens is 3. The molecule has 0 radical (unpaired) electrons. The Morgan fingerprint density at radius 2 is 1.67 bits per heavy atom. The molecule has 0 bridgehead atoms. The van der Waals surface area contributed by atoms with Crippen LogP contribution >= 0.6 is 0 Å². The van der Waals surface area contributed by atoms with Crippen LogP contribution in [0.15, 0.2) is 46.5 Å². The number of benzene rings is 1. The Balaban J connectivity index is 1.59. The van der Waals surface area contributed by atoms with Crippen LogP contribution < -0.4 is 9.57 Å². The molecule has 0 spiro atoms. The Hall–Kier alpha value is -4.42. The molecule has 4 rings (SSSR count). The van der Waals surface area contributed by atoms with E-state index in [1.807, 2.05) is 34.6 Å². The molecule has 0 unspecified atom stereocenters. The molecule has 10 nitrogen and oxygen atoms in total. The first-order chi connectivity index (χ1) is 19.5. The zero-order chi connectivity index (χ0) is 31.0. The SMILES string of the molecule is CC(C)(C)C1=C(c2ccc(-c3cc(C(F)(F)F)on3)c(OC(=O)CCCC(=O)On3c(O)ccc3O)c2)OCC1(C)C. The maximum absolute atomic E-state index is 13.2. The van der Waals surface area contributed by atoms with Crippen molar-refractivity contribution >= 4 is 17.7 Å². The fourth-order valence-corrected chi connectivity index (χ4v) is 4.98. The van der Waals surface area contributed by atoms with E-state index in [4.69, 9.17) is 14.3 Å². The van der Waals surface area contributed by atoms with Crippen LogP contribution in [0.5, 0.6) is 17.5 Å². The summed E-state index contributed by atoms with van der Waals surface area (Å²) in [5.74, 6) is -3.38. The highest BCUT2D eigenvalue weighted by Gasteiger charge is 2.41. The van der Waals surface area contributed by atoms with Gasteiger partial charge in [-0.15, -0.1) is 4.73 Å². The first-order valence-electron chi connectivity index (χ1n) is 13.1. The maximum atomic E-state index is 13.2. The van der Waals surface area contributed by atoms with E-state index in [1.165, 1.54) is 12.1 Å². The summed E-state index contributed by atoms with van der Waals surface area (Å²) >= 11 is 0. The highest BCUT2D eigenvalue weighted by atomic mass is 19.4. The van der Waals surface area contributed by atoms with Crippen molar-refractivity contribution in [2.45, 2.75) is 60.1 Å². The lowest BCUT2D eigenvalue weighted by atomic mass is 9.71. The third-order valence-corrected chi connectivity index (χ3v) is 6.52. The first kappa shape index (κ1) is 30.5. The van der Waals surface area contributed by atoms with Gasteiger partial charge in [-0.3, -0.25) is 4.79 Å². The Morgan fingerprint density at radius 1 is 1.02 bits per heavy atom. The topological polar surface area (TPSA) is 133 Å². The molecule has 1 aliphatic rings. The summed E-state index contributed by atoms with van der Waals surface area (Å²) in [4.78, 5) is 29.7. The van der Waals surface area contributed by atoms with Gasteiger partial charge in [-0.1, -0.05) is 45.8 Å². The zero-order valence-electron chi connectivity index (χ0n) is 23.7. The van der Waals surface area contributed by atoms with Crippen LogP contribution in [-0.2, 0) is 20.5 Å². The molecule has 2 N–H and O–H groups in total. The fourth-order valence-electron chi connectivity index (χ4n) is 4.98. The van der Waals surface area contributed by atoms with Crippen LogP contribution in [0.2, 0.25) is 0 Å². The number of ether oxygens (including phenoxy) is 2. The standard InChI is InChI=1S/C29H31F3N2O8/c1-27(2,3)26-25(39-15-28(26,4)5)16-9-10-17(18-14-20(41-33-18)29(30,31)32)19(13-16)40-23(37)7-6-8-24(38)42-34-21(35)11-12-22(34)36/h9-14,35-36H,6-8,15H2,1-5H3. The number of hydrogen-bond acceptors (Lipinski definition) is 9. The van der Waals surface area contributed by atoms with Crippen LogP contribution in [0.4, 0.5) is 13.2 Å². The number of esters is 1. The van der Waals surface area contributed by atoms with Crippen molar-refractivity contribution in [1.82, 2.24) is 9.89 Å². The molecule has 1 aliphatic heterocycles. The number of alkyl halides is 3. The Bertz CT molecular complexity index is 1510. The second-order valence-electron chi connectivity index (χ2n) is 11.5. The molecule has 0 aliphatic carbocycles. The van der Waals surface area contributed by atoms with Gasteiger partial charge < -0.3 is 29.0 Å². The van der Waals surface area contributed by atoms with Gasteiger partial charge in [0.05, 0.1) is 6.61 Å². The molecule has 0 saturated heterocycles. The van der Waals surface area contributed by atoms with Gasteiger partial charge in [0.25, 0.3) is 0 Å². The molecule has 3 aromatic rings. The van der Waals surface area contributed by atoms with Gasteiger partial charge in [0.2, 0.25) is 17.5 Å². The minimum absolute atomic E-state index is 0.0196. The fraction of sp³-hybridized carbons (Fsp3) is 0.414.